The van der Waals surface area contributed by atoms with Crippen LogP contribution in [0.3, 0.4) is 0 Å². The average Bonchev–Trinajstić information content (AvgIpc) is 2.86. The molecule has 0 aliphatic rings. The van der Waals surface area contributed by atoms with Gasteiger partial charge in [-0.3, -0.25) is 10.5 Å². The monoisotopic (exact) mass is 433 g/mol. The summed E-state index contributed by atoms with van der Waals surface area (Å²) in [7, 11) is 1.90. The predicted molar refractivity (Wildman–Crippen MR) is 101 cm³/mol. The molecule has 0 atom stereocenters. The van der Waals surface area contributed by atoms with Crippen molar-refractivity contribution in [2.24, 2.45) is 7.05 Å². The van der Waals surface area contributed by atoms with E-state index in [1.54, 1.807) is 28.8 Å². The van der Waals surface area contributed by atoms with Gasteiger partial charge in [0.25, 0.3) is 0 Å². The Hall–Kier alpha value is -2.11. The van der Waals surface area contributed by atoms with Gasteiger partial charge in [0, 0.05) is 16.1 Å². The van der Waals surface area contributed by atoms with Gasteiger partial charge in [-0.15, -0.1) is 0 Å². The lowest BCUT2D eigenvalue weighted by molar-refractivity contribution is -0.667. The van der Waals surface area contributed by atoms with Crippen molar-refractivity contribution >= 4 is 23.3 Å². The molecule has 6 heteroatoms. The summed E-state index contributed by atoms with van der Waals surface area (Å²) in [4.78, 5) is 12.5. The number of benzene rings is 2. The van der Waals surface area contributed by atoms with Crippen molar-refractivity contribution in [3.8, 4) is 11.3 Å². The molecule has 26 heavy (non-hydrogen) atoms. The minimum absolute atomic E-state index is 0. The first-order valence-corrected chi connectivity index (χ1v) is 8.45. The summed E-state index contributed by atoms with van der Waals surface area (Å²) < 4.78 is 3.67. The fourth-order valence-electron chi connectivity index (χ4n) is 2.82. The molecular weight excluding hydrogens is 414 g/mol. The molecule has 2 aromatic carbocycles. The SMILES string of the molecule is Cc1ccc(-c2c[n+](CC(=O)c3cccc(Cl)c3)c(N)n2C)cc1C.[Br-]. The molecule has 3 aromatic rings. The maximum Gasteiger partial charge on any atom is 0.355 e. The van der Waals surface area contributed by atoms with Gasteiger partial charge in [-0.25, -0.2) is 9.13 Å². The van der Waals surface area contributed by atoms with Crippen molar-refractivity contribution in [2.75, 3.05) is 5.73 Å². The highest BCUT2D eigenvalue weighted by molar-refractivity contribution is 6.30. The summed E-state index contributed by atoms with van der Waals surface area (Å²) in [5.74, 6) is 0.500. The quantitative estimate of drug-likeness (QED) is 0.486. The second-order valence-corrected chi connectivity index (χ2v) is 6.73. The highest BCUT2D eigenvalue weighted by atomic mass is 79.9. The van der Waals surface area contributed by atoms with Gasteiger partial charge in [-0.05, 0) is 43.2 Å². The van der Waals surface area contributed by atoms with Crippen LogP contribution in [0.4, 0.5) is 5.95 Å². The van der Waals surface area contributed by atoms with Crippen molar-refractivity contribution in [3.05, 3.63) is 70.4 Å². The van der Waals surface area contributed by atoms with Gasteiger partial charge in [0.1, 0.15) is 18.4 Å². The Morgan fingerprint density at radius 2 is 1.88 bits per heavy atom. The Labute approximate surface area is 169 Å². The molecule has 0 aliphatic heterocycles. The number of Topliss-reactive ketones (excluding diaryl/α,β-unsaturated/α-hetero) is 1. The van der Waals surface area contributed by atoms with Crippen LogP contribution < -0.4 is 27.3 Å². The minimum atomic E-state index is -0.0311. The predicted octanol–water partition coefficient (Wildman–Crippen LogP) is 0.719. The second-order valence-electron chi connectivity index (χ2n) is 6.29. The van der Waals surface area contributed by atoms with Gasteiger partial charge >= 0.3 is 5.95 Å². The maximum atomic E-state index is 12.5. The number of imidazole rings is 1. The van der Waals surface area contributed by atoms with E-state index in [1.807, 2.05) is 17.8 Å². The van der Waals surface area contributed by atoms with Gasteiger partial charge in [-0.1, -0.05) is 35.9 Å². The van der Waals surface area contributed by atoms with Crippen LogP contribution in [0.5, 0.6) is 0 Å². The zero-order chi connectivity index (χ0) is 18.1. The molecule has 0 fully saturated rings. The molecule has 0 saturated carbocycles. The summed E-state index contributed by atoms with van der Waals surface area (Å²) in [6, 6.07) is 13.3. The highest BCUT2D eigenvalue weighted by Crippen LogP contribution is 2.22. The molecule has 4 nitrogen and oxygen atoms in total. The minimum Gasteiger partial charge on any atom is -1.00 e. The highest BCUT2D eigenvalue weighted by Gasteiger charge is 2.20. The molecule has 0 saturated heterocycles. The normalized spacial score (nSPS) is 10.5. The molecule has 0 radical (unpaired) electrons. The van der Waals surface area contributed by atoms with Crippen molar-refractivity contribution in [1.29, 1.82) is 0 Å². The van der Waals surface area contributed by atoms with Crippen LogP contribution >= 0.6 is 11.6 Å². The number of rotatable bonds is 4. The Morgan fingerprint density at radius 3 is 2.54 bits per heavy atom. The van der Waals surface area contributed by atoms with E-state index in [0.29, 0.717) is 16.5 Å². The third-order valence-corrected chi connectivity index (χ3v) is 4.78. The first-order chi connectivity index (χ1) is 11.9. The lowest BCUT2D eigenvalue weighted by Gasteiger charge is -2.03. The van der Waals surface area contributed by atoms with Crippen LogP contribution in [0, 0.1) is 13.8 Å². The summed E-state index contributed by atoms with van der Waals surface area (Å²) in [6.45, 7) is 4.34. The Morgan fingerprint density at radius 1 is 1.15 bits per heavy atom. The second kappa shape index (κ2) is 8.06. The van der Waals surface area contributed by atoms with Crippen LogP contribution in [0.2, 0.25) is 5.02 Å². The number of carbonyl (C=O) groups excluding carboxylic acids is 1. The number of aromatic nitrogens is 2. The molecule has 1 heterocycles. The number of hydrogen-bond donors (Lipinski definition) is 1. The number of halogens is 2. The van der Waals surface area contributed by atoms with Gasteiger partial charge in [-0.2, -0.15) is 0 Å². The summed E-state index contributed by atoms with van der Waals surface area (Å²) >= 11 is 5.97. The Bertz CT molecular complexity index is 966. The van der Waals surface area contributed by atoms with E-state index in [2.05, 4.69) is 32.0 Å². The van der Waals surface area contributed by atoms with Crippen molar-refractivity contribution < 1.29 is 26.3 Å². The van der Waals surface area contributed by atoms with Crippen LogP contribution in [-0.4, -0.2) is 10.4 Å². The van der Waals surface area contributed by atoms with Crippen LogP contribution in [0.1, 0.15) is 21.5 Å². The molecule has 0 spiro atoms. The molecule has 136 valence electrons. The van der Waals surface area contributed by atoms with E-state index < -0.39 is 0 Å². The van der Waals surface area contributed by atoms with Gasteiger partial charge in [0.15, 0.2) is 5.78 Å². The lowest BCUT2D eigenvalue weighted by atomic mass is 10.0. The molecule has 2 N–H and O–H groups in total. The summed E-state index contributed by atoms with van der Waals surface area (Å²) in [5, 5.41) is 0.549. The molecule has 1 aromatic heterocycles. The van der Waals surface area contributed by atoms with Crippen molar-refractivity contribution in [3.63, 3.8) is 0 Å². The zero-order valence-electron chi connectivity index (χ0n) is 15.0. The number of aryl methyl sites for hydroxylation is 2. The topological polar surface area (TPSA) is 51.9 Å². The zero-order valence-corrected chi connectivity index (χ0v) is 17.3. The molecule has 0 amide bonds. The summed E-state index contributed by atoms with van der Waals surface area (Å²) in [5.41, 5.74) is 11.3. The van der Waals surface area contributed by atoms with E-state index in [4.69, 9.17) is 17.3 Å². The van der Waals surface area contributed by atoms with E-state index in [1.165, 1.54) is 11.1 Å². The number of ketones is 1. The molecule has 3 rings (SSSR count). The first-order valence-electron chi connectivity index (χ1n) is 8.08. The van der Waals surface area contributed by atoms with E-state index >= 15 is 0 Å². The van der Waals surface area contributed by atoms with E-state index in [-0.39, 0.29) is 29.3 Å². The molecule has 0 aliphatic carbocycles. The number of hydrogen-bond acceptors (Lipinski definition) is 2. The third kappa shape index (κ3) is 4.00. The summed E-state index contributed by atoms with van der Waals surface area (Å²) in [6.07, 6.45) is 1.92. The number of carbonyl (C=O) groups is 1. The molecule has 0 bridgehead atoms. The molecule has 0 unspecified atom stereocenters. The van der Waals surface area contributed by atoms with Crippen LogP contribution in [0.25, 0.3) is 11.3 Å². The maximum absolute atomic E-state index is 12.5. The lowest BCUT2D eigenvalue weighted by Crippen LogP contribution is -3.00. The standard InChI is InChI=1S/C20H20ClN3O.BrH/c1-13-7-8-15(9-14(13)2)18-11-24(20(22)23(18)3)12-19(25)16-5-4-6-17(21)10-16;/h4-11,22H,12H2,1-3H3;1H. The number of nitrogens with two attached hydrogens (primary N) is 1. The van der Waals surface area contributed by atoms with Gasteiger partial charge in [0.2, 0.25) is 0 Å². The van der Waals surface area contributed by atoms with Crippen molar-refractivity contribution in [2.45, 2.75) is 20.4 Å². The first kappa shape index (κ1) is 20.2. The number of nitrogens with zero attached hydrogens (tertiary/aromatic N) is 2. The van der Waals surface area contributed by atoms with Gasteiger partial charge < -0.3 is 17.0 Å². The van der Waals surface area contributed by atoms with Crippen LogP contribution in [0.15, 0.2) is 48.7 Å². The Balaban J connectivity index is 0.00000243. The van der Waals surface area contributed by atoms with Gasteiger partial charge in [0.05, 0.1) is 7.05 Å². The average molecular weight is 435 g/mol. The fraction of sp³-hybridized carbons (Fsp3) is 0.200. The molecular formula is C20H21BrClN3O. The van der Waals surface area contributed by atoms with E-state index in [0.717, 1.165) is 11.3 Å². The third-order valence-electron chi connectivity index (χ3n) is 4.54. The number of nitrogen functional groups attached to an aromatic ring is 1. The largest absolute Gasteiger partial charge is 1.00 e. The Kier molecular flexibility index (Phi) is 6.26. The fourth-order valence-corrected chi connectivity index (χ4v) is 3.01. The number of anilines is 1. The van der Waals surface area contributed by atoms with Crippen LogP contribution in [-0.2, 0) is 13.6 Å². The van der Waals surface area contributed by atoms with Crippen molar-refractivity contribution in [1.82, 2.24) is 4.57 Å². The van der Waals surface area contributed by atoms with E-state index in [9.17, 15) is 4.79 Å². The smallest absolute Gasteiger partial charge is 0.355 e.